The van der Waals surface area contributed by atoms with Crippen molar-refractivity contribution in [3.63, 3.8) is 0 Å². The van der Waals surface area contributed by atoms with Crippen LogP contribution in [0.4, 0.5) is 0 Å². The number of nitrogens with one attached hydrogen (secondary N) is 1. The van der Waals surface area contributed by atoms with Gasteiger partial charge in [0.25, 0.3) is 0 Å². The van der Waals surface area contributed by atoms with Crippen LogP contribution in [0, 0.1) is 17.8 Å². The third kappa shape index (κ3) is 3.09. The van der Waals surface area contributed by atoms with Gasteiger partial charge in [-0.05, 0) is 37.5 Å². The zero-order valence-corrected chi connectivity index (χ0v) is 10.9. The van der Waals surface area contributed by atoms with E-state index in [0.29, 0.717) is 6.04 Å². The minimum absolute atomic E-state index is 0.000318. The molecule has 96 valence electrons. The summed E-state index contributed by atoms with van der Waals surface area (Å²) < 4.78 is 0. The minimum atomic E-state index is -0.000318. The molecule has 0 heterocycles. The van der Waals surface area contributed by atoms with Gasteiger partial charge in [0, 0.05) is 12.1 Å². The summed E-state index contributed by atoms with van der Waals surface area (Å²) in [5.74, 6) is 1.68. The van der Waals surface area contributed by atoms with Crippen molar-refractivity contribution in [2.75, 3.05) is 0 Å². The Kier molecular flexibility index (Phi) is 3.87. The quantitative estimate of drug-likeness (QED) is 0.719. The standard InChI is InChI=1S/C14H24N2O/c1-9-3-6-13(7-10(9)2)16-14(17)11-4-5-12(15)8-11/h4-5,9-13H,3,6-8,15H2,1-2H3,(H,16,17). The molecule has 17 heavy (non-hydrogen) atoms. The van der Waals surface area contributed by atoms with Crippen LogP contribution < -0.4 is 11.1 Å². The van der Waals surface area contributed by atoms with E-state index in [9.17, 15) is 4.79 Å². The predicted molar refractivity (Wildman–Crippen MR) is 69.3 cm³/mol. The summed E-state index contributed by atoms with van der Waals surface area (Å²) in [7, 11) is 0. The molecule has 3 heteroatoms. The summed E-state index contributed by atoms with van der Waals surface area (Å²) in [4.78, 5) is 12.0. The van der Waals surface area contributed by atoms with Crippen LogP contribution in [0.2, 0.25) is 0 Å². The van der Waals surface area contributed by atoms with Gasteiger partial charge < -0.3 is 11.1 Å². The monoisotopic (exact) mass is 236 g/mol. The molecule has 2 aliphatic carbocycles. The number of hydrogen-bond donors (Lipinski definition) is 2. The highest BCUT2D eigenvalue weighted by Crippen LogP contribution is 2.29. The van der Waals surface area contributed by atoms with Crippen molar-refractivity contribution in [3.05, 3.63) is 12.2 Å². The maximum Gasteiger partial charge on any atom is 0.227 e. The Labute approximate surface area is 104 Å². The molecule has 5 atom stereocenters. The molecule has 0 aromatic heterocycles. The topological polar surface area (TPSA) is 55.1 Å². The van der Waals surface area contributed by atoms with Crippen LogP contribution >= 0.6 is 0 Å². The van der Waals surface area contributed by atoms with E-state index in [1.165, 1.54) is 6.42 Å². The largest absolute Gasteiger partial charge is 0.353 e. The Hall–Kier alpha value is -0.830. The van der Waals surface area contributed by atoms with Crippen LogP contribution in [0.5, 0.6) is 0 Å². The molecule has 0 radical (unpaired) electrons. The highest BCUT2D eigenvalue weighted by molar-refractivity contribution is 5.81. The van der Waals surface area contributed by atoms with E-state index in [4.69, 9.17) is 5.73 Å². The van der Waals surface area contributed by atoms with Gasteiger partial charge in [-0.3, -0.25) is 4.79 Å². The summed E-state index contributed by atoms with van der Waals surface area (Å²) in [6, 6.07) is 0.440. The molecule has 0 aromatic carbocycles. The predicted octanol–water partition coefficient (Wildman–Crippen LogP) is 1.83. The molecule has 3 nitrogen and oxygen atoms in total. The lowest BCUT2D eigenvalue weighted by atomic mass is 9.79. The van der Waals surface area contributed by atoms with E-state index in [0.717, 1.165) is 31.1 Å². The molecule has 0 aliphatic heterocycles. The van der Waals surface area contributed by atoms with Crippen LogP contribution in [-0.2, 0) is 4.79 Å². The second-order valence-electron chi connectivity index (χ2n) is 5.86. The average molecular weight is 236 g/mol. The van der Waals surface area contributed by atoms with Gasteiger partial charge in [0.2, 0.25) is 5.91 Å². The van der Waals surface area contributed by atoms with E-state index in [1.807, 2.05) is 12.2 Å². The first kappa shape index (κ1) is 12.6. The molecule has 1 amide bonds. The Balaban J connectivity index is 1.81. The highest BCUT2D eigenvalue weighted by atomic mass is 16.1. The zero-order valence-electron chi connectivity index (χ0n) is 10.9. The number of nitrogens with two attached hydrogens (primary N) is 1. The Morgan fingerprint density at radius 1 is 1.18 bits per heavy atom. The number of hydrogen-bond acceptors (Lipinski definition) is 2. The first-order valence-electron chi connectivity index (χ1n) is 6.80. The fourth-order valence-corrected chi connectivity index (χ4v) is 2.91. The molecule has 0 bridgehead atoms. The second kappa shape index (κ2) is 5.21. The van der Waals surface area contributed by atoms with Crippen LogP contribution in [0.3, 0.4) is 0 Å². The lowest BCUT2D eigenvalue weighted by molar-refractivity contribution is -0.124. The molecule has 0 saturated heterocycles. The Morgan fingerprint density at radius 2 is 1.94 bits per heavy atom. The molecule has 2 aliphatic rings. The third-order valence-electron chi connectivity index (χ3n) is 4.40. The van der Waals surface area contributed by atoms with Crippen molar-refractivity contribution < 1.29 is 4.79 Å². The Morgan fingerprint density at radius 3 is 2.53 bits per heavy atom. The lowest BCUT2D eigenvalue weighted by Crippen LogP contribution is -2.42. The number of rotatable bonds is 2. The summed E-state index contributed by atoms with van der Waals surface area (Å²) in [5.41, 5.74) is 5.77. The van der Waals surface area contributed by atoms with Gasteiger partial charge in [-0.2, -0.15) is 0 Å². The van der Waals surface area contributed by atoms with Crippen LogP contribution in [0.1, 0.15) is 39.5 Å². The first-order chi connectivity index (χ1) is 8.06. The van der Waals surface area contributed by atoms with Crippen LogP contribution in [0.15, 0.2) is 12.2 Å². The van der Waals surface area contributed by atoms with Gasteiger partial charge in [0.15, 0.2) is 0 Å². The summed E-state index contributed by atoms with van der Waals surface area (Å²) >= 11 is 0. The second-order valence-corrected chi connectivity index (χ2v) is 5.86. The van der Waals surface area contributed by atoms with Crippen LogP contribution in [-0.4, -0.2) is 18.0 Å². The van der Waals surface area contributed by atoms with E-state index < -0.39 is 0 Å². The maximum atomic E-state index is 12.0. The van der Waals surface area contributed by atoms with Gasteiger partial charge >= 0.3 is 0 Å². The normalized spacial score (nSPS) is 41.5. The molecular weight excluding hydrogens is 212 g/mol. The molecule has 1 fully saturated rings. The minimum Gasteiger partial charge on any atom is -0.353 e. The van der Waals surface area contributed by atoms with Crippen LogP contribution in [0.25, 0.3) is 0 Å². The fourth-order valence-electron chi connectivity index (χ4n) is 2.91. The van der Waals surface area contributed by atoms with Crippen molar-refractivity contribution in [3.8, 4) is 0 Å². The summed E-state index contributed by atoms with van der Waals surface area (Å²) in [6.07, 6.45) is 8.14. The molecule has 0 aromatic rings. The smallest absolute Gasteiger partial charge is 0.227 e. The maximum absolute atomic E-state index is 12.0. The van der Waals surface area contributed by atoms with Gasteiger partial charge in [-0.25, -0.2) is 0 Å². The van der Waals surface area contributed by atoms with Crippen molar-refractivity contribution in [2.45, 2.75) is 51.6 Å². The number of carbonyl (C=O) groups is 1. The van der Waals surface area contributed by atoms with E-state index in [2.05, 4.69) is 19.2 Å². The third-order valence-corrected chi connectivity index (χ3v) is 4.40. The van der Waals surface area contributed by atoms with E-state index >= 15 is 0 Å². The molecule has 0 spiro atoms. The van der Waals surface area contributed by atoms with Crippen molar-refractivity contribution >= 4 is 5.91 Å². The van der Waals surface area contributed by atoms with E-state index in [-0.39, 0.29) is 17.9 Å². The van der Waals surface area contributed by atoms with E-state index in [1.54, 1.807) is 0 Å². The van der Waals surface area contributed by atoms with Gasteiger partial charge in [-0.15, -0.1) is 0 Å². The molecule has 3 N–H and O–H groups in total. The van der Waals surface area contributed by atoms with Crippen molar-refractivity contribution in [2.24, 2.45) is 23.5 Å². The molecular formula is C14H24N2O. The average Bonchev–Trinajstić information content (AvgIpc) is 2.70. The van der Waals surface area contributed by atoms with Crippen molar-refractivity contribution in [1.82, 2.24) is 5.32 Å². The van der Waals surface area contributed by atoms with Gasteiger partial charge in [0.1, 0.15) is 0 Å². The summed E-state index contributed by atoms with van der Waals surface area (Å²) in [5, 5.41) is 3.19. The van der Waals surface area contributed by atoms with Gasteiger partial charge in [-0.1, -0.05) is 26.0 Å². The SMILES string of the molecule is CC1CCC(NC(=O)C2C=CC(N)C2)CC1C. The molecule has 5 unspecified atom stereocenters. The number of amides is 1. The zero-order chi connectivity index (χ0) is 12.4. The lowest BCUT2D eigenvalue weighted by Gasteiger charge is -2.33. The molecule has 1 saturated carbocycles. The van der Waals surface area contributed by atoms with Crippen molar-refractivity contribution in [1.29, 1.82) is 0 Å². The summed E-state index contributed by atoms with van der Waals surface area (Å²) in [6.45, 7) is 4.59. The highest BCUT2D eigenvalue weighted by Gasteiger charge is 2.28. The Bertz CT molecular complexity index is 313. The number of carbonyl (C=O) groups excluding carboxylic acids is 1. The fraction of sp³-hybridized carbons (Fsp3) is 0.786. The van der Waals surface area contributed by atoms with Gasteiger partial charge in [0.05, 0.1) is 5.92 Å². The molecule has 2 rings (SSSR count). The first-order valence-corrected chi connectivity index (χ1v) is 6.80.